The van der Waals surface area contributed by atoms with Crippen LogP contribution in [0.25, 0.3) is 11.0 Å². The summed E-state index contributed by atoms with van der Waals surface area (Å²) in [6.45, 7) is 4.75. The second kappa shape index (κ2) is 9.68. The molecule has 2 aromatic carbocycles. The molecule has 0 spiro atoms. The Labute approximate surface area is 190 Å². The van der Waals surface area contributed by atoms with Crippen molar-refractivity contribution in [3.63, 3.8) is 0 Å². The van der Waals surface area contributed by atoms with Crippen LogP contribution in [0.3, 0.4) is 0 Å². The highest BCUT2D eigenvalue weighted by molar-refractivity contribution is 6.31. The topological polar surface area (TPSA) is 89.0 Å². The molecule has 2 heterocycles. The van der Waals surface area contributed by atoms with Gasteiger partial charge in [-0.1, -0.05) is 11.6 Å². The summed E-state index contributed by atoms with van der Waals surface area (Å²) in [5.41, 5.74) is 1.37. The second-order valence-electron chi connectivity index (χ2n) is 7.42. The van der Waals surface area contributed by atoms with Crippen LogP contribution in [0.2, 0.25) is 5.02 Å². The normalized spacial score (nSPS) is 16.0. The fourth-order valence-electron chi connectivity index (χ4n) is 3.13. The quantitative estimate of drug-likeness (QED) is 0.454. The molecule has 0 radical (unpaired) electrons. The number of rotatable bonds is 8. The van der Waals surface area contributed by atoms with Crippen LogP contribution >= 0.6 is 11.6 Å². The molecule has 4 rings (SSSR count). The van der Waals surface area contributed by atoms with E-state index in [1.165, 1.54) is 6.20 Å². The molecule has 1 aliphatic rings. The number of aromatic nitrogens is 2. The van der Waals surface area contributed by atoms with Gasteiger partial charge >= 0.3 is 5.97 Å². The maximum atomic E-state index is 12.2. The first-order valence-corrected chi connectivity index (χ1v) is 10.6. The Morgan fingerprint density at radius 1 is 1.12 bits per heavy atom. The van der Waals surface area contributed by atoms with E-state index in [9.17, 15) is 4.79 Å². The lowest BCUT2D eigenvalue weighted by Gasteiger charge is -2.22. The Morgan fingerprint density at radius 3 is 2.59 bits per heavy atom. The van der Waals surface area contributed by atoms with Crippen LogP contribution in [-0.2, 0) is 19.0 Å². The van der Waals surface area contributed by atoms with Gasteiger partial charge in [-0.2, -0.15) is 0 Å². The Morgan fingerprint density at radius 2 is 1.84 bits per heavy atom. The van der Waals surface area contributed by atoms with E-state index < -0.39 is 17.9 Å². The van der Waals surface area contributed by atoms with Gasteiger partial charge in [0.05, 0.1) is 37.1 Å². The van der Waals surface area contributed by atoms with Gasteiger partial charge in [-0.25, -0.2) is 14.8 Å². The molecule has 1 atom stereocenters. The molecule has 168 valence electrons. The van der Waals surface area contributed by atoms with Crippen LogP contribution in [0.15, 0.2) is 48.7 Å². The smallest absolute Gasteiger partial charge is 0.347 e. The van der Waals surface area contributed by atoms with Crippen molar-refractivity contribution in [1.29, 1.82) is 0 Å². The molecule has 3 aromatic rings. The number of hydrogen-bond donors (Lipinski definition) is 0. The highest BCUT2D eigenvalue weighted by Gasteiger charge is 2.31. The summed E-state index contributed by atoms with van der Waals surface area (Å²) in [4.78, 5) is 20.9. The minimum atomic E-state index is -0.766. The van der Waals surface area contributed by atoms with Gasteiger partial charge in [0.2, 0.25) is 5.88 Å². The summed E-state index contributed by atoms with van der Waals surface area (Å²) in [6.07, 6.45) is 1.23. The Hall–Kier alpha value is -2.94. The number of benzene rings is 2. The molecular weight excluding hydrogens is 436 g/mol. The average molecular weight is 459 g/mol. The highest BCUT2D eigenvalue weighted by atomic mass is 35.5. The minimum Gasteiger partial charge on any atom is -0.479 e. The van der Waals surface area contributed by atoms with E-state index in [4.69, 9.17) is 35.3 Å². The van der Waals surface area contributed by atoms with Gasteiger partial charge in [-0.3, -0.25) is 0 Å². The maximum Gasteiger partial charge on any atom is 0.347 e. The fraction of sp³-hybridized carbons (Fsp3) is 0.348. The van der Waals surface area contributed by atoms with Crippen molar-refractivity contribution in [2.45, 2.75) is 32.2 Å². The molecule has 9 heteroatoms. The third-order valence-electron chi connectivity index (χ3n) is 4.87. The van der Waals surface area contributed by atoms with Crippen molar-refractivity contribution in [3.05, 3.63) is 53.7 Å². The van der Waals surface area contributed by atoms with E-state index in [1.807, 2.05) is 6.92 Å². The van der Waals surface area contributed by atoms with Gasteiger partial charge < -0.3 is 23.7 Å². The van der Waals surface area contributed by atoms with Gasteiger partial charge in [-0.15, -0.1) is 0 Å². The molecule has 1 fully saturated rings. The van der Waals surface area contributed by atoms with E-state index in [2.05, 4.69) is 9.97 Å². The molecule has 8 nitrogen and oxygen atoms in total. The average Bonchev–Trinajstić information content (AvgIpc) is 3.21. The van der Waals surface area contributed by atoms with E-state index in [1.54, 1.807) is 49.4 Å². The number of nitrogens with zero attached hydrogens (tertiary/aromatic N) is 2. The van der Waals surface area contributed by atoms with Gasteiger partial charge in [-0.05, 0) is 56.3 Å². The number of fused-ring (bicyclic) bond motifs is 1. The van der Waals surface area contributed by atoms with Crippen LogP contribution < -0.4 is 9.47 Å². The fourth-order valence-corrected chi connectivity index (χ4v) is 3.30. The summed E-state index contributed by atoms with van der Waals surface area (Å²) < 4.78 is 27.7. The second-order valence-corrected chi connectivity index (χ2v) is 7.86. The third-order valence-corrected chi connectivity index (χ3v) is 5.11. The summed E-state index contributed by atoms with van der Waals surface area (Å²) in [5, 5.41) is 0.597. The maximum absolute atomic E-state index is 12.2. The lowest BCUT2D eigenvalue weighted by Crippen LogP contribution is -2.31. The van der Waals surface area contributed by atoms with Gasteiger partial charge in [0, 0.05) is 11.4 Å². The first-order chi connectivity index (χ1) is 15.4. The Balaban J connectivity index is 1.28. The number of esters is 1. The monoisotopic (exact) mass is 458 g/mol. The van der Waals surface area contributed by atoms with Gasteiger partial charge in [0.1, 0.15) is 11.5 Å². The Bertz CT molecular complexity index is 1090. The van der Waals surface area contributed by atoms with Gasteiger partial charge in [0.25, 0.3) is 0 Å². The van der Waals surface area contributed by atoms with E-state index in [0.29, 0.717) is 53.1 Å². The van der Waals surface area contributed by atoms with Gasteiger partial charge in [0.15, 0.2) is 11.9 Å². The summed E-state index contributed by atoms with van der Waals surface area (Å²) in [5.74, 6) is 0.270. The number of carbonyl (C=O) groups is 1. The molecule has 32 heavy (non-hydrogen) atoms. The van der Waals surface area contributed by atoms with Crippen molar-refractivity contribution in [2.24, 2.45) is 0 Å². The highest BCUT2D eigenvalue weighted by Crippen LogP contribution is 2.25. The van der Waals surface area contributed by atoms with Crippen molar-refractivity contribution >= 4 is 28.6 Å². The Kier molecular flexibility index (Phi) is 6.74. The van der Waals surface area contributed by atoms with Crippen LogP contribution in [0.4, 0.5) is 0 Å². The molecule has 1 aliphatic heterocycles. The standard InChI is InChI=1S/C23H23ClN2O6/c1-15(22(27)28-10-9-23(2)29-11-12-30-23)31-17-4-6-18(7-5-17)32-21-14-25-20-13-16(24)3-8-19(20)26-21/h3-8,13-15H,9-12H2,1-2H3. The molecule has 0 N–H and O–H groups in total. The molecule has 0 bridgehead atoms. The van der Waals surface area contributed by atoms with Crippen molar-refractivity contribution < 1.29 is 28.5 Å². The van der Waals surface area contributed by atoms with E-state index in [-0.39, 0.29) is 6.61 Å². The number of halogens is 1. The number of ether oxygens (including phenoxy) is 5. The molecule has 1 saturated heterocycles. The first-order valence-electron chi connectivity index (χ1n) is 10.2. The number of carbonyl (C=O) groups excluding carboxylic acids is 1. The van der Waals surface area contributed by atoms with Crippen molar-refractivity contribution in [3.8, 4) is 17.4 Å². The molecule has 1 aromatic heterocycles. The zero-order valence-corrected chi connectivity index (χ0v) is 18.5. The van der Waals surface area contributed by atoms with Crippen molar-refractivity contribution in [2.75, 3.05) is 19.8 Å². The lowest BCUT2D eigenvalue weighted by atomic mass is 10.2. The predicted octanol–water partition coefficient (Wildman–Crippen LogP) is 4.54. The zero-order chi connectivity index (χ0) is 22.6. The predicted molar refractivity (Wildman–Crippen MR) is 117 cm³/mol. The molecule has 0 aliphatic carbocycles. The molecule has 0 saturated carbocycles. The minimum absolute atomic E-state index is 0.189. The summed E-state index contributed by atoms with van der Waals surface area (Å²) >= 11 is 5.97. The molecular formula is C23H23ClN2O6. The summed E-state index contributed by atoms with van der Waals surface area (Å²) in [7, 11) is 0. The summed E-state index contributed by atoms with van der Waals surface area (Å²) in [6, 6.07) is 12.1. The van der Waals surface area contributed by atoms with E-state index >= 15 is 0 Å². The molecule has 1 unspecified atom stereocenters. The van der Waals surface area contributed by atoms with E-state index in [0.717, 1.165) is 0 Å². The van der Waals surface area contributed by atoms with Crippen LogP contribution in [0.1, 0.15) is 20.3 Å². The first kappa shape index (κ1) is 22.3. The van der Waals surface area contributed by atoms with Crippen LogP contribution in [0.5, 0.6) is 17.4 Å². The van der Waals surface area contributed by atoms with Crippen molar-refractivity contribution in [1.82, 2.24) is 9.97 Å². The lowest BCUT2D eigenvalue weighted by molar-refractivity contribution is -0.167. The SMILES string of the molecule is CC(Oc1ccc(Oc2cnc3cc(Cl)ccc3n2)cc1)C(=O)OCCC1(C)OCCO1. The number of hydrogen-bond acceptors (Lipinski definition) is 8. The van der Waals surface area contributed by atoms with Crippen LogP contribution in [-0.4, -0.2) is 47.6 Å². The van der Waals surface area contributed by atoms with Crippen LogP contribution in [0, 0.1) is 0 Å². The molecule has 0 amide bonds. The zero-order valence-electron chi connectivity index (χ0n) is 17.7. The third kappa shape index (κ3) is 5.64. The largest absolute Gasteiger partial charge is 0.479 e.